The van der Waals surface area contributed by atoms with E-state index in [4.69, 9.17) is 4.74 Å². The summed E-state index contributed by atoms with van der Waals surface area (Å²) in [5.41, 5.74) is 1.82. The molecule has 4 rings (SSSR count). The number of allylic oxidation sites excluding steroid dienone is 1. The molecule has 0 unspecified atom stereocenters. The minimum atomic E-state index is -0.129. The van der Waals surface area contributed by atoms with Crippen LogP contribution in [0.25, 0.3) is 0 Å². The van der Waals surface area contributed by atoms with Gasteiger partial charge < -0.3 is 4.74 Å². The number of hydrogen-bond acceptors (Lipinski definition) is 3. The lowest BCUT2D eigenvalue weighted by molar-refractivity contribution is -0.157. The van der Waals surface area contributed by atoms with Crippen LogP contribution in [0.2, 0.25) is 0 Å². The molecule has 3 heteroatoms. The summed E-state index contributed by atoms with van der Waals surface area (Å²) in [5.74, 6) is 2.32. The van der Waals surface area contributed by atoms with Gasteiger partial charge in [0.1, 0.15) is 6.10 Å². The van der Waals surface area contributed by atoms with Crippen LogP contribution in [0.3, 0.4) is 0 Å². The molecule has 0 N–H and O–H groups in total. The maximum Gasteiger partial charge on any atom is 0.302 e. The van der Waals surface area contributed by atoms with Gasteiger partial charge in [-0.05, 0) is 74.2 Å². The second-order valence-electron chi connectivity index (χ2n) is 9.19. The van der Waals surface area contributed by atoms with Gasteiger partial charge in [0.25, 0.3) is 0 Å². The molecule has 0 aromatic rings. The first-order chi connectivity index (χ1) is 11.3. The predicted molar refractivity (Wildman–Crippen MR) is 92.3 cm³/mol. The van der Waals surface area contributed by atoms with E-state index < -0.39 is 0 Å². The summed E-state index contributed by atoms with van der Waals surface area (Å²) in [6, 6.07) is 0. The zero-order chi connectivity index (χ0) is 17.1. The van der Waals surface area contributed by atoms with Crippen molar-refractivity contribution in [1.29, 1.82) is 0 Å². The summed E-state index contributed by atoms with van der Waals surface area (Å²) in [6.07, 6.45) is 10.8. The molecule has 3 fully saturated rings. The van der Waals surface area contributed by atoms with Crippen LogP contribution >= 0.6 is 0 Å². The van der Waals surface area contributed by atoms with E-state index in [0.29, 0.717) is 17.6 Å². The summed E-state index contributed by atoms with van der Waals surface area (Å²) >= 11 is 0. The van der Waals surface area contributed by atoms with Gasteiger partial charge in [-0.1, -0.05) is 19.4 Å². The summed E-state index contributed by atoms with van der Waals surface area (Å²) < 4.78 is 5.71. The molecule has 0 aliphatic heterocycles. The van der Waals surface area contributed by atoms with Crippen molar-refractivity contribution in [3.63, 3.8) is 0 Å². The molecule has 0 spiro atoms. The fraction of sp³-hybridized carbons (Fsp3) is 0.810. The van der Waals surface area contributed by atoms with Gasteiger partial charge in [0.2, 0.25) is 0 Å². The molecular weight excluding hydrogens is 300 g/mol. The van der Waals surface area contributed by atoms with Gasteiger partial charge in [0.15, 0.2) is 5.78 Å². The molecule has 0 aromatic carbocycles. The highest BCUT2D eigenvalue weighted by Gasteiger charge is 2.59. The van der Waals surface area contributed by atoms with Crippen molar-refractivity contribution in [3.05, 3.63) is 11.6 Å². The fourth-order valence-corrected chi connectivity index (χ4v) is 6.91. The standard InChI is InChI=1S/C21H30O3/c1-13(22)24-19-7-6-17-16-5-4-14-12-15(23)8-10-20(14,2)18(16)9-11-21(17,19)3/h12,16-19H,4-11H2,1-3H3/t16-,17-,18-,19+,20+,21+/m1/s1. The highest BCUT2D eigenvalue weighted by molar-refractivity contribution is 5.91. The van der Waals surface area contributed by atoms with Crippen LogP contribution in [-0.2, 0) is 14.3 Å². The number of rotatable bonds is 1. The molecule has 0 aromatic heterocycles. The zero-order valence-corrected chi connectivity index (χ0v) is 15.3. The first-order valence-electron chi connectivity index (χ1n) is 9.76. The Morgan fingerprint density at radius 3 is 2.62 bits per heavy atom. The number of hydrogen-bond donors (Lipinski definition) is 0. The molecule has 0 heterocycles. The second-order valence-corrected chi connectivity index (χ2v) is 9.19. The second kappa shape index (κ2) is 5.44. The maximum atomic E-state index is 11.9. The number of ether oxygens (including phenoxy) is 1. The SMILES string of the molecule is CC(=O)O[C@H]1CC[C@@H]2[C@H]3CCC4=CC(=O)CC[C@]4(C)[C@@H]3CC[C@]12C. The average Bonchev–Trinajstić information content (AvgIpc) is 2.84. The van der Waals surface area contributed by atoms with Gasteiger partial charge in [-0.15, -0.1) is 0 Å². The number of carbonyl (C=O) groups excluding carboxylic acids is 2. The third-order valence-electron chi connectivity index (χ3n) is 8.18. The van der Waals surface area contributed by atoms with Crippen molar-refractivity contribution in [2.75, 3.05) is 0 Å². The topological polar surface area (TPSA) is 43.4 Å². The minimum absolute atomic E-state index is 0.110. The highest BCUT2D eigenvalue weighted by atomic mass is 16.5. The molecule has 0 saturated heterocycles. The summed E-state index contributed by atoms with van der Waals surface area (Å²) in [5, 5.41) is 0. The Kier molecular flexibility index (Phi) is 3.71. The summed E-state index contributed by atoms with van der Waals surface area (Å²) in [6.45, 7) is 6.33. The Morgan fingerprint density at radius 2 is 1.88 bits per heavy atom. The number of fused-ring (bicyclic) bond motifs is 5. The van der Waals surface area contributed by atoms with E-state index in [1.807, 2.05) is 6.08 Å². The summed E-state index contributed by atoms with van der Waals surface area (Å²) in [4.78, 5) is 23.4. The van der Waals surface area contributed by atoms with Crippen molar-refractivity contribution in [2.45, 2.75) is 78.2 Å². The van der Waals surface area contributed by atoms with Gasteiger partial charge in [0.05, 0.1) is 0 Å². The largest absolute Gasteiger partial charge is 0.462 e. The molecule has 3 nitrogen and oxygen atoms in total. The monoisotopic (exact) mass is 330 g/mol. The van der Waals surface area contributed by atoms with Gasteiger partial charge in [-0.3, -0.25) is 9.59 Å². The van der Waals surface area contributed by atoms with Gasteiger partial charge in [-0.2, -0.15) is 0 Å². The Morgan fingerprint density at radius 1 is 1.08 bits per heavy atom. The average molecular weight is 330 g/mol. The normalized spacial score (nSPS) is 47.3. The van der Waals surface area contributed by atoms with Crippen molar-refractivity contribution in [1.82, 2.24) is 0 Å². The van der Waals surface area contributed by atoms with E-state index in [1.165, 1.54) is 24.8 Å². The molecule has 0 radical (unpaired) electrons. The van der Waals surface area contributed by atoms with Crippen LogP contribution in [0.1, 0.15) is 72.1 Å². The smallest absolute Gasteiger partial charge is 0.302 e. The molecule has 4 aliphatic carbocycles. The third kappa shape index (κ3) is 2.23. The van der Waals surface area contributed by atoms with Crippen LogP contribution in [0.5, 0.6) is 0 Å². The molecule has 24 heavy (non-hydrogen) atoms. The lowest BCUT2D eigenvalue weighted by atomic mass is 9.47. The number of esters is 1. The number of ketones is 1. The van der Waals surface area contributed by atoms with Crippen molar-refractivity contribution >= 4 is 11.8 Å². The minimum Gasteiger partial charge on any atom is -0.462 e. The van der Waals surface area contributed by atoms with E-state index >= 15 is 0 Å². The quantitative estimate of drug-likeness (QED) is 0.667. The summed E-state index contributed by atoms with van der Waals surface area (Å²) in [7, 11) is 0. The van der Waals surface area contributed by atoms with Crippen molar-refractivity contribution in [3.8, 4) is 0 Å². The van der Waals surface area contributed by atoms with Crippen molar-refractivity contribution < 1.29 is 14.3 Å². The van der Waals surface area contributed by atoms with Crippen molar-refractivity contribution in [2.24, 2.45) is 28.6 Å². The maximum absolute atomic E-state index is 11.9. The Hall–Kier alpha value is -1.12. The molecular formula is C21H30O3. The van der Waals surface area contributed by atoms with Gasteiger partial charge in [-0.25, -0.2) is 0 Å². The van der Waals surface area contributed by atoms with E-state index in [0.717, 1.165) is 38.0 Å². The molecule has 6 atom stereocenters. The van der Waals surface area contributed by atoms with E-state index in [-0.39, 0.29) is 22.9 Å². The molecule has 0 bridgehead atoms. The van der Waals surface area contributed by atoms with Gasteiger partial charge in [0, 0.05) is 18.8 Å². The van der Waals surface area contributed by atoms with E-state index in [2.05, 4.69) is 13.8 Å². The van der Waals surface area contributed by atoms with Crippen LogP contribution in [0.15, 0.2) is 11.6 Å². The molecule has 3 saturated carbocycles. The highest BCUT2D eigenvalue weighted by Crippen LogP contribution is 2.65. The lowest BCUT2D eigenvalue weighted by Gasteiger charge is -2.57. The Balaban J connectivity index is 1.62. The molecule has 4 aliphatic rings. The third-order valence-corrected chi connectivity index (χ3v) is 8.18. The first kappa shape index (κ1) is 16.4. The lowest BCUT2D eigenvalue weighted by Crippen LogP contribution is -2.51. The number of carbonyl (C=O) groups is 2. The first-order valence-corrected chi connectivity index (χ1v) is 9.76. The molecule has 0 amide bonds. The van der Waals surface area contributed by atoms with E-state index in [1.54, 1.807) is 6.92 Å². The van der Waals surface area contributed by atoms with E-state index in [9.17, 15) is 9.59 Å². The van der Waals surface area contributed by atoms with Gasteiger partial charge >= 0.3 is 5.97 Å². The zero-order valence-electron chi connectivity index (χ0n) is 15.3. The fourth-order valence-electron chi connectivity index (χ4n) is 6.91. The van der Waals surface area contributed by atoms with Crippen LogP contribution in [-0.4, -0.2) is 17.9 Å². The Labute approximate surface area is 145 Å². The Bertz CT molecular complexity index is 606. The van der Waals surface area contributed by atoms with Crippen LogP contribution in [0.4, 0.5) is 0 Å². The molecule has 132 valence electrons. The van der Waals surface area contributed by atoms with Crippen LogP contribution in [0, 0.1) is 28.6 Å². The van der Waals surface area contributed by atoms with Crippen LogP contribution < -0.4 is 0 Å². The predicted octanol–water partition coefficient (Wildman–Crippen LogP) is 4.45.